The molecule has 0 amide bonds. The minimum atomic E-state index is 0.798. The van der Waals surface area contributed by atoms with Crippen molar-refractivity contribution < 1.29 is 4.74 Å². The van der Waals surface area contributed by atoms with Gasteiger partial charge in [0.05, 0.1) is 13.2 Å². The minimum Gasteiger partial charge on any atom is -0.379 e. The molecule has 4 nitrogen and oxygen atoms in total. The molecule has 3 fully saturated rings. The summed E-state index contributed by atoms with van der Waals surface area (Å²) in [6, 6.07) is 1.60. The van der Waals surface area contributed by atoms with Crippen LogP contribution in [-0.2, 0) is 4.74 Å². The summed E-state index contributed by atoms with van der Waals surface area (Å²) in [6.07, 6.45) is 8.31. The molecule has 3 aliphatic rings. The predicted molar refractivity (Wildman–Crippen MR) is 82.1 cm³/mol. The van der Waals surface area contributed by atoms with Gasteiger partial charge >= 0.3 is 0 Å². The van der Waals surface area contributed by atoms with E-state index in [1.807, 2.05) is 0 Å². The molecule has 0 saturated carbocycles. The van der Waals surface area contributed by atoms with Crippen molar-refractivity contribution in [1.82, 2.24) is 15.1 Å². The monoisotopic (exact) mass is 281 g/mol. The normalized spacial score (nSPS) is 33.6. The Morgan fingerprint density at radius 3 is 2.75 bits per heavy atom. The lowest BCUT2D eigenvalue weighted by Gasteiger charge is -2.32. The van der Waals surface area contributed by atoms with Crippen LogP contribution in [0, 0.1) is 0 Å². The molecule has 0 aromatic carbocycles. The van der Waals surface area contributed by atoms with Gasteiger partial charge in [-0.05, 0) is 51.7 Å². The maximum Gasteiger partial charge on any atom is 0.0594 e. The Bertz CT molecular complexity index is 275. The summed E-state index contributed by atoms with van der Waals surface area (Å²) in [5.74, 6) is 0. The van der Waals surface area contributed by atoms with Gasteiger partial charge in [0.15, 0.2) is 0 Å². The van der Waals surface area contributed by atoms with Gasteiger partial charge < -0.3 is 15.0 Å². The molecule has 0 aromatic rings. The maximum atomic E-state index is 5.46. The summed E-state index contributed by atoms with van der Waals surface area (Å²) in [6.45, 7) is 9.30. The molecule has 3 aliphatic heterocycles. The fourth-order valence-electron chi connectivity index (χ4n) is 3.99. The van der Waals surface area contributed by atoms with Crippen LogP contribution in [0.5, 0.6) is 0 Å². The van der Waals surface area contributed by atoms with E-state index < -0.39 is 0 Å². The van der Waals surface area contributed by atoms with Crippen molar-refractivity contribution in [2.75, 3.05) is 52.5 Å². The predicted octanol–water partition coefficient (Wildman–Crippen LogP) is 1.32. The smallest absolute Gasteiger partial charge is 0.0594 e. The largest absolute Gasteiger partial charge is 0.379 e. The number of hydrogen-bond donors (Lipinski definition) is 1. The van der Waals surface area contributed by atoms with Crippen LogP contribution in [0.2, 0.25) is 0 Å². The molecule has 1 N–H and O–H groups in total. The third-order valence-electron chi connectivity index (χ3n) is 5.25. The number of likely N-dealkylation sites (tertiary alicyclic amines) is 1. The molecular weight excluding hydrogens is 250 g/mol. The Labute approximate surface area is 123 Å². The second-order valence-electron chi connectivity index (χ2n) is 6.68. The van der Waals surface area contributed by atoms with Crippen LogP contribution in [0.25, 0.3) is 0 Å². The lowest BCUT2D eigenvalue weighted by Crippen LogP contribution is -2.44. The van der Waals surface area contributed by atoms with Crippen LogP contribution in [-0.4, -0.2) is 74.4 Å². The molecule has 0 aliphatic carbocycles. The van der Waals surface area contributed by atoms with Gasteiger partial charge in [-0.25, -0.2) is 0 Å². The highest BCUT2D eigenvalue weighted by atomic mass is 16.5. The van der Waals surface area contributed by atoms with Crippen LogP contribution in [0.15, 0.2) is 0 Å². The van der Waals surface area contributed by atoms with Crippen molar-refractivity contribution in [3.05, 3.63) is 0 Å². The fraction of sp³-hybridized carbons (Fsp3) is 1.00. The first-order chi connectivity index (χ1) is 9.92. The molecule has 0 spiro atoms. The van der Waals surface area contributed by atoms with Gasteiger partial charge in [0.25, 0.3) is 0 Å². The lowest BCUT2D eigenvalue weighted by molar-refractivity contribution is 0.0185. The van der Waals surface area contributed by atoms with E-state index in [9.17, 15) is 0 Å². The Kier molecular flexibility index (Phi) is 5.71. The van der Waals surface area contributed by atoms with Crippen LogP contribution < -0.4 is 5.32 Å². The molecule has 2 unspecified atom stereocenters. The first-order valence-corrected chi connectivity index (χ1v) is 8.69. The Morgan fingerprint density at radius 1 is 1.05 bits per heavy atom. The third kappa shape index (κ3) is 4.17. The summed E-state index contributed by atoms with van der Waals surface area (Å²) in [5.41, 5.74) is 0. The molecule has 20 heavy (non-hydrogen) atoms. The number of nitrogens with zero attached hydrogens (tertiary/aromatic N) is 2. The fourth-order valence-corrected chi connectivity index (χ4v) is 3.99. The van der Waals surface area contributed by atoms with Crippen molar-refractivity contribution in [3.8, 4) is 0 Å². The summed E-state index contributed by atoms with van der Waals surface area (Å²) >= 11 is 0. The minimum absolute atomic E-state index is 0.798. The van der Waals surface area contributed by atoms with Gasteiger partial charge in [0.2, 0.25) is 0 Å². The molecule has 0 bridgehead atoms. The average molecular weight is 281 g/mol. The van der Waals surface area contributed by atoms with Gasteiger partial charge in [-0.2, -0.15) is 0 Å². The van der Waals surface area contributed by atoms with Crippen molar-refractivity contribution >= 4 is 0 Å². The van der Waals surface area contributed by atoms with E-state index in [0.29, 0.717) is 0 Å². The van der Waals surface area contributed by atoms with Crippen LogP contribution in [0.4, 0.5) is 0 Å². The first kappa shape index (κ1) is 14.8. The summed E-state index contributed by atoms with van der Waals surface area (Å²) in [7, 11) is 0. The van der Waals surface area contributed by atoms with E-state index in [4.69, 9.17) is 4.74 Å². The highest BCUT2D eigenvalue weighted by Crippen LogP contribution is 2.18. The standard InChI is InChI=1S/C16H31N3O/c1-2-7-17-15(4-1)5-3-8-18-9-6-16(14-18)19-10-12-20-13-11-19/h15-17H,1-14H2. The number of nitrogens with one attached hydrogen (secondary N) is 1. The maximum absolute atomic E-state index is 5.46. The van der Waals surface area contributed by atoms with Gasteiger partial charge in [-0.15, -0.1) is 0 Å². The quantitative estimate of drug-likeness (QED) is 0.822. The molecular formula is C16H31N3O. The first-order valence-electron chi connectivity index (χ1n) is 8.69. The molecule has 2 atom stereocenters. The van der Waals surface area contributed by atoms with Crippen molar-refractivity contribution in [1.29, 1.82) is 0 Å². The molecule has 4 heteroatoms. The van der Waals surface area contributed by atoms with E-state index in [1.54, 1.807) is 0 Å². The summed E-state index contributed by atoms with van der Waals surface area (Å²) in [5, 5.41) is 3.66. The molecule has 0 aromatic heterocycles. The van der Waals surface area contributed by atoms with E-state index in [-0.39, 0.29) is 0 Å². The van der Waals surface area contributed by atoms with Gasteiger partial charge in [-0.3, -0.25) is 4.90 Å². The molecule has 116 valence electrons. The van der Waals surface area contributed by atoms with E-state index in [0.717, 1.165) is 38.4 Å². The number of ether oxygens (including phenoxy) is 1. The topological polar surface area (TPSA) is 27.7 Å². The van der Waals surface area contributed by atoms with Gasteiger partial charge in [0, 0.05) is 31.7 Å². The van der Waals surface area contributed by atoms with E-state index >= 15 is 0 Å². The van der Waals surface area contributed by atoms with Crippen molar-refractivity contribution in [2.45, 2.75) is 50.6 Å². The Hall–Kier alpha value is -0.160. The van der Waals surface area contributed by atoms with Crippen molar-refractivity contribution in [3.63, 3.8) is 0 Å². The zero-order valence-electron chi connectivity index (χ0n) is 12.9. The number of piperidine rings is 1. The lowest BCUT2D eigenvalue weighted by atomic mass is 10.0. The average Bonchev–Trinajstić information content (AvgIpc) is 2.98. The summed E-state index contributed by atoms with van der Waals surface area (Å²) in [4.78, 5) is 5.33. The number of rotatable bonds is 5. The number of morpholine rings is 1. The summed E-state index contributed by atoms with van der Waals surface area (Å²) < 4.78 is 5.46. The van der Waals surface area contributed by atoms with Gasteiger partial charge in [0.1, 0.15) is 0 Å². The van der Waals surface area contributed by atoms with Gasteiger partial charge in [-0.1, -0.05) is 6.42 Å². The zero-order valence-corrected chi connectivity index (χ0v) is 12.9. The molecule has 0 radical (unpaired) electrons. The van der Waals surface area contributed by atoms with E-state index in [2.05, 4.69) is 15.1 Å². The van der Waals surface area contributed by atoms with E-state index in [1.165, 1.54) is 64.7 Å². The second-order valence-corrected chi connectivity index (χ2v) is 6.68. The number of hydrogen-bond acceptors (Lipinski definition) is 4. The van der Waals surface area contributed by atoms with Crippen LogP contribution in [0.1, 0.15) is 38.5 Å². The van der Waals surface area contributed by atoms with Crippen LogP contribution >= 0.6 is 0 Å². The highest BCUT2D eigenvalue weighted by Gasteiger charge is 2.28. The molecule has 3 heterocycles. The second kappa shape index (κ2) is 7.74. The Balaban J connectivity index is 1.31. The highest BCUT2D eigenvalue weighted by molar-refractivity contribution is 4.84. The zero-order chi connectivity index (χ0) is 13.6. The molecule has 3 rings (SSSR count). The Morgan fingerprint density at radius 2 is 1.95 bits per heavy atom. The SMILES string of the molecule is C1CCC(CCCN2CCC(N3CCOCC3)C2)NC1. The molecule has 3 saturated heterocycles. The van der Waals surface area contributed by atoms with Crippen LogP contribution in [0.3, 0.4) is 0 Å². The third-order valence-corrected chi connectivity index (χ3v) is 5.25. The van der Waals surface area contributed by atoms with Crippen molar-refractivity contribution in [2.24, 2.45) is 0 Å².